The molecular formula is C6H10NaO7. The fourth-order valence-electron chi connectivity index (χ4n) is 1.07. The molecule has 0 spiro atoms. The van der Waals surface area contributed by atoms with Crippen LogP contribution in [-0.2, 0) is 9.53 Å². The minimum absolute atomic E-state index is 0. The second-order valence-corrected chi connectivity index (χ2v) is 2.76. The number of rotatable bonds is 1. The average molecular weight is 217 g/mol. The molecule has 1 fully saturated rings. The second kappa shape index (κ2) is 5.38. The Bertz CT molecular complexity index is 210. The van der Waals surface area contributed by atoms with Crippen molar-refractivity contribution in [2.24, 2.45) is 0 Å². The zero-order valence-corrected chi connectivity index (χ0v) is 9.44. The number of ether oxygens (including phenoxy) is 1. The summed E-state index contributed by atoms with van der Waals surface area (Å²) in [6, 6.07) is 0. The molecule has 0 aromatic carbocycles. The molecule has 14 heavy (non-hydrogen) atoms. The molecule has 0 aromatic rings. The van der Waals surface area contributed by atoms with E-state index in [1.165, 1.54) is 0 Å². The van der Waals surface area contributed by atoms with Gasteiger partial charge in [-0.05, 0) is 0 Å². The van der Waals surface area contributed by atoms with Gasteiger partial charge in [0.05, 0.1) is 0 Å². The van der Waals surface area contributed by atoms with E-state index < -0.39 is 36.7 Å². The van der Waals surface area contributed by atoms with Crippen LogP contribution in [0.3, 0.4) is 0 Å². The Kier molecular flexibility index (Phi) is 5.48. The number of carboxylic acids is 1. The minimum Gasteiger partial charge on any atom is -0.479 e. The maximum atomic E-state index is 10.4. The first-order valence-corrected chi connectivity index (χ1v) is 3.55. The van der Waals surface area contributed by atoms with Crippen molar-refractivity contribution in [3.05, 3.63) is 0 Å². The topological polar surface area (TPSA) is 127 Å². The van der Waals surface area contributed by atoms with Crippen LogP contribution >= 0.6 is 0 Å². The summed E-state index contributed by atoms with van der Waals surface area (Å²) in [5, 5.41) is 44.4. The molecule has 1 aliphatic heterocycles. The number of carboxylic acid groups (broad SMARTS) is 1. The van der Waals surface area contributed by atoms with E-state index in [9.17, 15) is 4.79 Å². The number of hydrogen-bond acceptors (Lipinski definition) is 6. The summed E-state index contributed by atoms with van der Waals surface area (Å²) < 4.78 is 4.34. The third-order valence-corrected chi connectivity index (χ3v) is 1.83. The van der Waals surface area contributed by atoms with Crippen molar-refractivity contribution in [2.45, 2.75) is 30.7 Å². The molecule has 1 radical (unpaired) electrons. The molecule has 0 saturated carbocycles. The van der Waals surface area contributed by atoms with Crippen molar-refractivity contribution >= 4 is 35.5 Å². The number of aliphatic hydroxyl groups excluding tert-OH is 4. The molecule has 0 aliphatic carbocycles. The standard InChI is InChI=1S/C6H10O7.Na/c7-1-2(8)4(5(10)11)13-6(12)3(1)9;/h1-4,6-9,12H,(H,10,11);/t1-,2-,3+,4-,6-;/m0./s1. The first kappa shape index (κ1) is 14.3. The zero-order chi connectivity index (χ0) is 10.2. The first-order chi connectivity index (χ1) is 5.95. The van der Waals surface area contributed by atoms with Gasteiger partial charge < -0.3 is 30.3 Å². The van der Waals surface area contributed by atoms with Crippen molar-refractivity contribution in [1.82, 2.24) is 0 Å². The fraction of sp³-hybridized carbons (Fsp3) is 0.833. The Morgan fingerprint density at radius 1 is 1.00 bits per heavy atom. The Morgan fingerprint density at radius 3 is 1.93 bits per heavy atom. The third-order valence-electron chi connectivity index (χ3n) is 1.83. The van der Waals surface area contributed by atoms with Crippen molar-refractivity contribution < 1.29 is 35.1 Å². The molecule has 1 heterocycles. The molecule has 8 heteroatoms. The van der Waals surface area contributed by atoms with E-state index in [0.29, 0.717) is 0 Å². The van der Waals surface area contributed by atoms with Gasteiger partial charge in [-0.25, -0.2) is 4.79 Å². The largest absolute Gasteiger partial charge is 0.479 e. The maximum Gasteiger partial charge on any atom is 0.335 e. The van der Waals surface area contributed by atoms with E-state index in [-0.39, 0.29) is 29.6 Å². The summed E-state index contributed by atoms with van der Waals surface area (Å²) in [6.45, 7) is 0. The fourth-order valence-corrected chi connectivity index (χ4v) is 1.07. The molecule has 1 saturated heterocycles. The molecule has 0 aromatic heterocycles. The molecule has 5 N–H and O–H groups in total. The van der Waals surface area contributed by atoms with Crippen LogP contribution in [0.5, 0.6) is 0 Å². The third kappa shape index (κ3) is 2.65. The minimum atomic E-state index is -1.81. The Labute approximate surface area is 101 Å². The van der Waals surface area contributed by atoms with E-state index in [2.05, 4.69) is 4.74 Å². The van der Waals surface area contributed by atoms with Crippen molar-refractivity contribution in [3.8, 4) is 0 Å². The molecule has 7 nitrogen and oxygen atoms in total. The van der Waals surface area contributed by atoms with E-state index in [1.54, 1.807) is 0 Å². The van der Waals surface area contributed by atoms with Gasteiger partial charge >= 0.3 is 5.97 Å². The molecule has 0 unspecified atom stereocenters. The van der Waals surface area contributed by atoms with Gasteiger partial charge in [-0.3, -0.25) is 0 Å². The Morgan fingerprint density at radius 2 is 1.50 bits per heavy atom. The van der Waals surface area contributed by atoms with Gasteiger partial charge in [0, 0.05) is 29.6 Å². The summed E-state index contributed by atoms with van der Waals surface area (Å²) in [4.78, 5) is 10.4. The second-order valence-electron chi connectivity index (χ2n) is 2.76. The average Bonchev–Trinajstić information content (AvgIpc) is 2.07. The molecule has 0 bridgehead atoms. The quantitative estimate of drug-likeness (QED) is 0.288. The SMILES string of the molecule is O=C(O)[C@H]1O[C@H](O)[C@H](O)[C@@H](O)[C@@H]1O.[Na]. The van der Waals surface area contributed by atoms with Crippen LogP contribution in [0.15, 0.2) is 0 Å². The van der Waals surface area contributed by atoms with Gasteiger partial charge in [0.15, 0.2) is 12.4 Å². The van der Waals surface area contributed by atoms with Gasteiger partial charge in [-0.1, -0.05) is 0 Å². The number of hydrogen-bond donors (Lipinski definition) is 5. The number of aliphatic carboxylic acids is 1. The van der Waals surface area contributed by atoms with Crippen molar-refractivity contribution in [3.63, 3.8) is 0 Å². The van der Waals surface area contributed by atoms with Crippen LogP contribution in [0.4, 0.5) is 0 Å². The van der Waals surface area contributed by atoms with E-state index in [4.69, 9.17) is 25.5 Å². The summed E-state index contributed by atoms with van der Waals surface area (Å²) in [6.07, 6.45) is -8.72. The summed E-state index contributed by atoms with van der Waals surface area (Å²) in [5.74, 6) is -1.52. The molecule has 77 valence electrons. The summed E-state index contributed by atoms with van der Waals surface area (Å²) >= 11 is 0. The predicted molar refractivity (Wildman–Crippen MR) is 42.3 cm³/mol. The summed E-state index contributed by atoms with van der Waals surface area (Å²) in [5.41, 5.74) is 0. The molecule has 1 aliphatic rings. The summed E-state index contributed by atoms with van der Waals surface area (Å²) in [7, 11) is 0. The van der Waals surface area contributed by atoms with Gasteiger partial charge in [-0.15, -0.1) is 0 Å². The van der Waals surface area contributed by atoms with Crippen LogP contribution in [0.1, 0.15) is 0 Å². The normalized spacial score (nSPS) is 42.7. The van der Waals surface area contributed by atoms with Crippen LogP contribution in [0.2, 0.25) is 0 Å². The maximum absolute atomic E-state index is 10.4. The zero-order valence-electron chi connectivity index (χ0n) is 7.44. The monoisotopic (exact) mass is 217 g/mol. The predicted octanol–water partition coefficient (Wildman–Crippen LogP) is -3.51. The van der Waals surface area contributed by atoms with Gasteiger partial charge in [0.25, 0.3) is 0 Å². The Hall–Kier alpha value is 0.270. The molecule has 5 atom stereocenters. The number of carbonyl (C=O) groups is 1. The van der Waals surface area contributed by atoms with Gasteiger partial charge in [0.2, 0.25) is 0 Å². The molecule has 0 amide bonds. The van der Waals surface area contributed by atoms with Gasteiger partial charge in [-0.2, -0.15) is 0 Å². The van der Waals surface area contributed by atoms with Crippen molar-refractivity contribution in [2.75, 3.05) is 0 Å². The van der Waals surface area contributed by atoms with Crippen molar-refractivity contribution in [1.29, 1.82) is 0 Å². The van der Waals surface area contributed by atoms with E-state index >= 15 is 0 Å². The van der Waals surface area contributed by atoms with Gasteiger partial charge in [0.1, 0.15) is 18.3 Å². The van der Waals surface area contributed by atoms with E-state index in [1.807, 2.05) is 0 Å². The smallest absolute Gasteiger partial charge is 0.335 e. The first-order valence-electron chi connectivity index (χ1n) is 3.55. The van der Waals surface area contributed by atoms with Crippen LogP contribution < -0.4 is 0 Å². The van der Waals surface area contributed by atoms with E-state index in [0.717, 1.165) is 0 Å². The van der Waals surface area contributed by atoms with Crippen LogP contribution in [-0.4, -0.2) is 91.8 Å². The number of aliphatic hydroxyl groups is 4. The molecule has 1 rings (SSSR count). The molecular weight excluding hydrogens is 207 g/mol. The Balaban J connectivity index is 0.00000169. The van der Waals surface area contributed by atoms with Crippen LogP contribution in [0.25, 0.3) is 0 Å². The van der Waals surface area contributed by atoms with Crippen LogP contribution in [0, 0.1) is 0 Å².